The van der Waals surface area contributed by atoms with Crippen molar-refractivity contribution in [2.24, 2.45) is 0 Å². The van der Waals surface area contributed by atoms with E-state index >= 15 is 0 Å². The standard InChI is InChI=1S/C19H24N2O2S/c1-13-5-7-16(8-6-13)17(20-15(3)22)11-19(23)21(4)12-18-14(2)9-10-24-18/h5-10,17H,11-12H2,1-4H3,(H,20,22). The quantitative estimate of drug-likeness (QED) is 0.870. The van der Waals surface area contributed by atoms with Crippen molar-refractivity contribution in [2.45, 2.75) is 39.8 Å². The molecule has 5 heteroatoms. The normalized spacial score (nSPS) is 11.8. The van der Waals surface area contributed by atoms with Crippen molar-refractivity contribution in [1.82, 2.24) is 10.2 Å². The van der Waals surface area contributed by atoms with Crippen molar-refractivity contribution >= 4 is 23.2 Å². The average Bonchev–Trinajstić information content (AvgIpc) is 2.92. The summed E-state index contributed by atoms with van der Waals surface area (Å²) in [7, 11) is 1.81. The minimum atomic E-state index is -0.303. The number of hydrogen-bond donors (Lipinski definition) is 1. The second kappa shape index (κ2) is 8.11. The lowest BCUT2D eigenvalue weighted by Gasteiger charge is -2.22. The lowest BCUT2D eigenvalue weighted by atomic mass is 10.0. The fourth-order valence-corrected chi connectivity index (χ4v) is 3.46. The Morgan fingerprint density at radius 2 is 1.83 bits per heavy atom. The van der Waals surface area contributed by atoms with Crippen molar-refractivity contribution in [2.75, 3.05) is 7.05 Å². The van der Waals surface area contributed by atoms with E-state index in [-0.39, 0.29) is 24.3 Å². The van der Waals surface area contributed by atoms with Crippen molar-refractivity contribution in [3.8, 4) is 0 Å². The van der Waals surface area contributed by atoms with Gasteiger partial charge in [0.1, 0.15) is 0 Å². The molecule has 0 bridgehead atoms. The first kappa shape index (κ1) is 18.2. The summed E-state index contributed by atoms with van der Waals surface area (Å²) in [5.41, 5.74) is 3.30. The summed E-state index contributed by atoms with van der Waals surface area (Å²) >= 11 is 1.66. The molecule has 1 unspecified atom stereocenters. The number of amides is 2. The zero-order chi connectivity index (χ0) is 17.7. The zero-order valence-electron chi connectivity index (χ0n) is 14.6. The third kappa shape index (κ3) is 4.93. The summed E-state index contributed by atoms with van der Waals surface area (Å²) in [6.45, 7) is 6.14. The Balaban J connectivity index is 2.07. The van der Waals surface area contributed by atoms with Gasteiger partial charge in [-0.1, -0.05) is 29.8 Å². The monoisotopic (exact) mass is 344 g/mol. The Morgan fingerprint density at radius 1 is 1.17 bits per heavy atom. The van der Waals surface area contributed by atoms with Crippen LogP contribution in [0.1, 0.15) is 41.0 Å². The molecule has 24 heavy (non-hydrogen) atoms. The van der Waals surface area contributed by atoms with Crippen molar-refractivity contribution in [1.29, 1.82) is 0 Å². The number of aryl methyl sites for hydroxylation is 2. The van der Waals surface area contributed by atoms with Crippen LogP contribution in [0.4, 0.5) is 0 Å². The first-order chi connectivity index (χ1) is 11.4. The highest BCUT2D eigenvalue weighted by molar-refractivity contribution is 7.10. The lowest BCUT2D eigenvalue weighted by molar-refractivity contribution is -0.131. The smallest absolute Gasteiger partial charge is 0.225 e. The zero-order valence-corrected chi connectivity index (χ0v) is 15.4. The molecule has 2 aromatic rings. The number of nitrogens with one attached hydrogen (secondary N) is 1. The van der Waals surface area contributed by atoms with Gasteiger partial charge in [0.25, 0.3) is 0 Å². The van der Waals surface area contributed by atoms with Crippen LogP contribution in [0.5, 0.6) is 0 Å². The van der Waals surface area contributed by atoms with Crippen molar-refractivity contribution in [3.63, 3.8) is 0 Å². The first-order valence-electron chi connectivity index (χ1n) is 7.97. The van der Waals surface area contributed by atoms with Crippen LogP contribution in [0.2, 0.25) is 0 Å². The fourth-order valence-electron chi connectivity index (χ4n) is 2.50. The summed E-state index contributed by atoms with van der Waals surface area (Å²) in [6.07, 6.45) is 0.254. The predicted octanol–water partition coefficient (Wildman–Crippen LogP) is 3.59. The van der Waals surface area contributed by atoms with Gasteiger partial charge in [-0.25, -0.2) is 0 Å². The number of hydrogen-bond acceptors (Lipinski definition) is 3. The van der Waals surface area contributed by atoms with Gasteiger partial charge in [-0.3, -0.25) is 9.59 Å². The topological polar surface area (TPSA) is 49.4 Å². The number of rotatable bonds is 6. The molecular weight excluding hydrogens is 320 g/mol. The lowest BCUT2D eigenvalue weighted by Crippen LogP contribution is -2.33. The summed E-state index contributed by atoms with van der Waals surface area (Å²) in [6, 6.07) is 9.67. The molecule has 0 aliphatic carbocycles. The molecule has 0 saturated heterocycles. The second-order valence-corrected chi connectivity index (χ2v) is 7.15. The predicted molar refractivity (Wildman–Crippen MR) is 97.9 cm³/mol. The summed E-state index contributed by atoms with van der Waals surface area (Å²) in [5, 5.41) is 4.92. The third-order valence-corrected chi connectivity index (χ3v) is 5.02. The number of thiophene rings is 1. The molecule has 0 fully saturated rings. The fraction of sp³-hybridized carbons (Fsp3) is 0.368. The van der Waals surface area contributed by atoms with Crippen LogP contribution in [0.3, 0.4) is 0 Å². The van der Waals surface area contributed by atoms with Crippen LogP contribution < -0.4 is 5.32 Å². The van der Waals surface area contributed by atoms with Crippen LogP contribution in [-0.4, -0.2) is 23.8 Å². The molecule has 1 aromatic carbocycles. The molecule has 0 aliphatic rings. The van der Waals surface area contributed by atoms with Crippen LogP contribution in [0.25, 0.3) is 0 Å². The van der Waals surface area contributed by atoms with E-state index in [9.17, 15) is 9.59 Å². The molecule has 128 valence electrons. The Labute approximate surface area is 147 Å². The minimum Gasteiger partial charge on any atom is -0.349 e. The van der Waals surface area contributed by atoms with Gasteiger partial charge in [0.2, 0.25) is 11.8 Å². The Bertz CT molecular complexity index is 706. The van der Waals surface area contributed by atoms with Gasteiger partial charge in [-0.2, -0.15) is 0 Å². The molecule has 0 saturated carbocycles. The summed E-state index contributed by atoms with van der Waals surface area (Å²) < 4.78 is 0. The molecule has 2 amide bonds. The van der Waals surface area contributed by atoms with Gasteiger partial charge < -0.3 is 10.2 Å². The molecular formula is C19H24N2O2S. The van der Waals surface area contributed by atoms with Crippen LogP contribution in [0.15, 0.2) is 35.7 Å². The second-order valence-electron chi connectivity index (χ2n) is 6.14. The third-order valence-electron chi connectivity index (χ3n) is 4.01. The summed E-state index contributed by atoms with van der Waals surface area (Å²) in [4.78, 5) is 27.0. The molecule has 1 N–H and O–H groups in total. The van der Waals surface area contributed by atoms with Gasteiger partial charge in [-0.15, -0.1) is 11.3 Å². The van der Waals surface area contributed by atoms with Gasteiger partial charge in [-0.05, 0) is 36.4 Å². The maximum absolute atomic E-state index is 12.6. The molecule has 0 aliphatic heterocycles. The number of carbonyl (C=O) groups excluding carboxylic acids is 2. The van der Waals surface area contributed by atoms with Gasteiger partial charge in [0.15, 0.2) is 0 Å². The molecule has 1 heterocycles. The Morgan fingerprint density at radius 3 is 2.38 bits per heavy atom. The van der Waals surface area contributed by atoms with Crippen LogP contribution >= 0.6 is 11.3 Å². The maximum Gasteiger partial charge on any atom is 0.225 e. The summed E-state index contributed by atoms with van der Waals surface area (Å²) in [5.74, 6) is -0.118. The van der Waals surface area contributed by atoms with Crippen LogP contribution in [0, 0.1) is 13.8 Å². The Hall–Kier alpha value is -2.14. The van der Waals surface area contributed by atoms with E-state index in [4.69, 9.17) is 0 Å². The van der Waals surface area contributed by atoms with E-state index in [1.54, 1.807) is 16.2 Å². The van der Waals surface area contributed by atoms with Gasteiger partial charge in [0.05, 0.1) is 19.0 Å². The number of benzene rings is 1. The minimum absolute atomic E-state index is 0.0159. The highest BCUT2D eigenvalue weighted by Gasteiger charge is 2.20. The largest absolute Gasteiger partial charge is 0.349 e. The number of carbonyl (C=O) groups is 2. The van der Waals surface area contributed by atoms with Gasteiger partial charge in [0, 0.05) is 18.8 Å². The highest BCUT2D eigenvalue weighted by atomic mass is 32.1. The van der Waals surface area contributed by atoms with Gasteiger partial charge >= 0.3 is 0 Å². The molecule has 4 nitrogen and oxygen atoms in total. The average molecular weight is 344 g/mol. The molecule has 0 spiro atoms. The maximum atomic E-state index is 12.6. The SMILES string of the molecule is CC(=O)NC(CC(=O)N(C)Cc1sccc1C)c1ccc(C)cc1. The number of nitrogens with zero attached hydrogens (tertiary/aromatic N) is 1. The van der Waals surface area contributed by atoms with E-state index in [0.29, 0.717) is 6.54 Å². The Kier molecular flexibility index (Phi) is 6.15. The van der Waals surface area contributed by atoms with E-state index in [2.05, 4.69) is 18.3 Å². The van der Waals surface area contributed by atoms with E-state index in [0.717, 1.165) is 11.1 Å². The van der Waals surface area contributed by atoms with E-state index in [1.807, 2.05) is 43.6 Å². The van der Waals surface area contributed by atoms with Crippen LogP contribution in [-0.2, 0) is 16.1 Å². The van der Waals surface area contributed by atoms with Crippen molar-refractivity contribution < 1.29 is 9.59 Å². The van der Waals surface area contributed by atoms with E-state index < -0.39 is 0 Å². The molecule has 0 radical (unpaired) electrons. The molecule has 1 atom stereocenters. The first-order valence-corrected chi connectivity index (χ1v) is 8.85. The molecule has 1 aromatic heterocycles. The van der Waals surface area contributed by atoms with E-state index in [1.165, 1.54) is 17.4 Å². The highest BCUT2D eigenvalue weighted by Crippen LogP contribution is 2.21. The van der Waals surface area contributed by atoms with Crippen molar-refractivity contribution in [3.05, 3.63) is 57.3 Å². The molecule has 2 rings (SSSR count).